The van der Waals surface area contributed by atoms with Crippen LogP contribution in [-0.4, -0.2) is 96.7 Å². The van der Waals surface area contributed by atoms with Crippen molar-refractivity contribution in [3.63, 3.8) is 0 Å². The molecule has 0 spiro atoms. The third kappa shape index (κ3) is 70.9. The van der Waals surface area contributed by atoms with Gasteiger partial charge in [0.2, 0.25) is 0 Å². The van der Waals surface area contributed by atoms with Crippen molar-refractivity contribution in [3.8, 4) is 0 Å². The lowest BCUT2D eigenvalue weighted by Crippen LogP contribution is -2.30. The number of carbonyl (C=O) groups is 4. The van der Waals surface area contributed by atoms with Crippen molar-refractivity contribution in [1.29, 1.82) is 0 Å². The van der Waals surface area contributed by atoms with Gasteiger partial charge < -0.3 is 33.8 Å². The van der Waals surface area contributed by atoms with Gasteiger partial charge in [0.15, 0.2) is 12.2 Å². The predicted octanol–water partition coefficient (Wildman–Crippen LogP) is 22.4. The maximum atomic E-state index is 13.1. The number of allylic oxidation sites excluding steroid dienone is 12. The highest BCUT2D eigenvalue weighted by molar-refractivity contribution is 7.47. The predicted molar refractivity (Wildman–Crippen MR) is 400 cm³/mol. The highest BCUT2D eigenvalue weighted by atomic mass is 31.2. The normalized spacial score (nSPS) is 14.3. The summed E-state index contributed by atoms with van der Waals surface area (Å²) in [5.74, 6) is -2.20. The monoisotopic (exact) mass is 1420 g/mol. The molecule has 19 heteroatoms. The molecule has 0 aliphatic rings. The Kier molecular flexibility index (Phi) is 69.3. The van der Waals surface area contributed by atoms with Crippen LogP contribution < -0.4 is 0 Å². The summed E-state index contributed by atoms with van der Waals surface area (Å²) in [6.07, 6.45) is 71.6. The minimum Gasteiger partial charge on any atom is -0.462 e. The average Bonchev–Trinajstić information content (AvgIpc) is 0.959. The Morgan fingerprint density at radius 2 is 0.531 bits per heavy atom. The number of unbranched alkanes of at least 4 members (excludes halogenated alkanes) is 38. The Balaban J connectivity index is 5.36. The highest BCUT2D eigenvalue weighted by Gasteiger charge is 2.30. The Hall–Kier alpha value is -3.50. The first-order valence-corrected chi connectivity index (χ1v) is 42.2. The number of aliphatic hydroxyl groups excluding tert-OH is 1. The molecular formula is C79H142O17P2. The fourth-order valence-corrected chi connectivity index (χ4v) is 12.2. The molecule has 0 saturated carbocycles. The topological polar surface area (TPSA) is 237 Å². The van der Waals surface area contributed by atoms with E-state index in [1.165, 1.54) is 122 Å². The molecule has 0 aliphatic carbocycles. The van der Waals surface area contributed by atoms with Gasteiger partial charge in [0, 0.05) is 25.7 Å². The molecule has 0 heterocycles. The molecule has 0 aromatic heterocycles. The quantitative estimate of drug-likeness (QED) is 0.0128. The van der Waals surface area contributed by atoms with Crippen LogP contribution in [0.15, 0.2) is 72.9 Å². The highest BCUT2D eigenvalue weighted by Crippen LogP contribution is 2.45. The summed E-state index contributed by atoms with van der Waals surface area (Å²) in [6, 6.07) is 0. The van der Waals surface area contributed by atoms with Gasteiger partial charge in [0.1, 0.15) is 19.3 Å². The van der Waals surface area contributed by atoms with Gasteiger partial charge in [0.05, 0.1) is 26.4 Å². The van der Waals surface area contributed by atoms with E-state index in [2.05, 4.69) is 101 Å². The van der Waals surface area contributed by atoms with Gasteiger partial charge in [0.25, 0.3) is 0 Å². The van der Waals surface area contributed by atoms with E-state index in [1.54, 1.807) is 0 Å². The van der Waals surface area contributed by atoms with Gasteiger partial charge in [-0.05, 0) is 109 Å². The minimum absolute atomic E-state index is 0.0763. The summed E-state index contributed by atoms with van der Waals surface area (Å²) in [6.45, 7) is 4.81. The molecule has 0 fully saturated rings. The van der Waals surface area contributed by atoms with E-state index in [-0.39, 0.29) is 25.7 Å². The molecule has 0 rings (SSSR count). The zero-order chi connectivity index (χ0) is 71.8. The SMILES string of the molecule is CCCCC/C=C\C/C=C\CCCCCCCC(=O)OC[C@H](COP(=O)(O)OC[C@H](O)COP(=O)(O)OC[C@@H](COC(=O)CCCCCCC/C=C\C=C/CCCCCC)OC(=O)CCCCCCC/C=C\C=C/CCCCCC)OC(=O)CCCCCCCCCCCCCCC. The number of rotatable bonds is 74. The van der Waals surface area contributed by atoms with Crippen LogP contribution in [-0.2, 0) is 65.4 Å². The van der Waals surface area contributed by atoms with E-state index >= 15 is 0 Å². The molecular weight excluding hydrogens is 1280 g/mol. The van der Waals surface area contributed by atoms with Crippen molar-refractivity contribution in [2.75, 3.05) is 39.6 Å². The second kappa shape index (κ2) is 71.9. The fourth-order valence-electron chi connectivity index (χ4n) is 10.6. The number of phosphoric ester groups is 2. The molecule has 17 nitrogen and oxygen atoms in total. The smallest absolute Gasteiger partial charge is 0.462 e. The minimum atomic E-state index is -4.98. The number of aliphatic hydroxyl groups is 1. The third-order valence-electron chi connectivity index (χ3n) is 16.7. The van der Waals surface area contributed by atoms with Crippen LogP contribution in [0.5, 0.6) is 0 Å². The van der Waals surface area contributed by atoms with Gasteiger partial charge >= 0.3 is 39.5 Å². The molecule has 0 aromatic rings. The van der Waals surface area contributed by atoms with Crippen molar-refractivity contribution >= 4 is 39.5 Å². The lowest BCUT2D eigenvalue weighted by Gasteiger charge is -2.21. The van der Waals surface area contributed by atoms with Crippen LogP contribution in [0.1, 0.15) is 349 Å². The van der Waals surface area contributed by atoms with Crippen molar-refractivity contribution in [2.45, 2.75) is 367 Å². The summed E-state index contributed by atoms with van der Waals surface area (Å²) in [5.41, 5.74) is 0. The Labute approximate surface area is 596 Å². The first-order chi connectivity index (χ1) is 47.7. The van der Waals surface area contributed by atoms with Gasteiger partial charge in [-0.1, -0.05) is 287 Å². The van der Waals surface area contributed by atoms with Crippen LogP contribution in [0.4, 0.5) is 0 Å². The largest absolute Gasteiger partial charge is 0.472 e. The number of esters is 4. The second-order valence-electron chi connectivity index (χ2n) is 26.4. The van der Waals surface area contributed by atoms with E-state index in [0.717, 1.165) is 148 Å². The lowest BCUT2D eigenvalue weighted by atomic mass is 10.0. The van der Waals surface area contributed by atoms with E-state index in [1.807, 2.05) is 0 Å². The Morgan fingerprint density at radius 1 is 0.296 bits per heavy atom. The van der Waals surface area contributed by atoms with Gasteiger partial charge in [-0.3, -0.25) is 37.3 Å². The summed E-state index contributed by atoms with van der Waals surface area (Å²) in [4.78, 5) is 72.9. The average molecular weight is 1430 g/mol. The van der Waals surface area contributed by atoms with Gasteiger partial charge in [-0.25, -0.2) is 9.13 Å². The number of ether oxygens (including phenoxy) is 4. The first kappa shape index (κ1) is 94.5. The van der Waals surface area contributed by atoms with Crippen LogP contribution in [0.2, 0.25) is 0 Å². The molecule has 0 radical (unpaired) electrons. The second-order valence-corrected chi connectivity index (χ2v) is 29.3. The maximum Gasteiger partial charge on any atom is 0.472 e. The molecule has 0 bridgehead atoms. The molecule has 0 amide bonds. The zero-order valence-corrected chi connectivity index (χ0v) is 64.0. The van der Waals surface area contributed by atoms with Crippen LogP contribution in [0.25, 0.3) is 0 Å². The molecule has 2 unspecified atom stereocenters. The summed E-state index contributed by atoms with van der Waals surface area (Å²) < 4.78 is 68.5. The molecule has 98 heavy (non-hydrogen) atoms. The summed E-state index contributed by atoms with van der Waals surface area (Å²) in [5, 5.41) is 10.6. The standard InChI is InChI=1S/C79H142O17P2/c1-5-9-13-17-21-25-29-33-36-40-43-47-51-55-59-63-76(81)89-69-74(95-78(83)65-61-57-53-49-45-39-32-28-24-20-16-12-8-4)71-93-97(85,86)91-67-73(80)68-92-98(87,88)94-72-75(96-79(84)66-62-58-54-50-46-42-38-35-31-27-23-19-15-11-7-3)70-90-77(82)64-60-56-52-48-44-41-37-34-30-26-22-18-14-10-6-2/h21,25-27,30-31,33-38,73-75,80H,5-20,22-24,28-29,32,39-72H2,1-4H3,(H,85,86)(H,87,88)/b25-21-,30-26-,31-27-,36-33-,37-34-,38-35-/t73-,74+,75+/m0/s1. The van der Waals surface area contributed by atoms with Crippen LogP contribution in [0, 0.1) is 0 Å². The molecule has 0 saturated heterocycles. The van der Waals surface area contributed by atoms with Gasteiger partial charge in [-0.15, -0.1) is 0 Å². The summed E-state index contributed by atoms with van der Waals surface area (Å²) in [7, 11) is -9.95. The number of carbonyl (C=O) groups excluding carboxylic acids is 4. The van der Waals surface area contributed by atoms with Crippen LogP contribution in [0.3, 0.4) is 0 Å². The molecule has 3 N–H and O–H groups in total. The van der Waals surface area contributed by atoms with E-state index in [9.17, 15) is 43.2 Å². The Bertz CT molecular complexity index is 2140. The molecule has 5 atom stereocenters. The number of phosphoric acid groups is 2. The van der Waals surface area contributed by atoms with E-state index in [4.69, 9.17) is 37.0 Å². The zero-order valence-electron chi connectivity index (χ0n) is 62.2. The van der Waals surface area contributed by atoms with Crippen molar-refractivity contribution in [1.82, 2.24) is 0 Å². The Morgan fingerprint density at radius 3 is 0.847 bits per heavy atom. The molecule has 570 valence electrons. The lowest BCUT2D eigenvalue weighted by molar-refractivity contribution is -0.161. The third-order valence-corrected chi connectivity index (χ3v) is 18.6. The maximum absolute atomic E-state index is 13.1. The number of hydrogen-bond donors (Lipinski definition) is 3. The number of hydrogen-bond acceptors (Lipinski definition) is 15. The van der Waals surface area contributed by atoms with Crippen molar-refractivity contribution in [3.05, 3.63) is 72.9 Å². The van der Waals surface area contributed by atoms with Crippen LogP contribution >= 0.6 is 15.6 Å². The summed E-state index contributed by atoms with van der Waals surface area (Å²) >= 11 is 0. The van der Waals surface area contributed by atoms with Crippen molar-refractivity contribution in [2.24, 2.45) is 0 Å². The van der Waals surface area contributed by atoms with Gasteiger partial charge in [-0.2, -0.15) is 0 Å². The fraction of sp³-hybridized carbons (Fsp3) is 0.797. The van der Waals surface area contributed by atoms with Crippen molar-refractivity contribution < 1.29 is 80.2 Å². The molecule has 0 aromatic carbocycles. The van der Waals surface area contributed by atoms with E-state index < -0.39 is 97.5 Å². The first-order valence-electron chi connectivity index (χ1n) is 39.2. The van der Waals surface area contributed by atoms with E-state index in [0.29, 0.717) is 25.7 Å². The molecule has 0 aliphatic heterocycles.